The highest BCUT2D eigenvalue weighted by Crippen LogP contribution is 2.22. The third kappa shape index (κ3) is 3.99. The summed E-state index contributed by atoms with van der Waals surface area (Å²) in [7, 11) is 1.40. The molecule has 1 heterocycles. The summed E-state index contributed by atoms with van der Waals surface area (Å²) >= 11 is 1.59. The van der Waals surface area contributed by atoms with Gasteiger partial charge >= 0.3 is 5.97 Å². The number of nitrogens with two attached hydrogens (primary N) is 1. The molecule has 0 fully saturated rings. The maximum absolute atomic E-state index is 11.0. The molecular weight excluding hydrogens is 252 g/mol. The van der Waals surface area contributed by atoms with Crippen molar-refractivity contribution in [2.75, 3.05) is 12.9 Å². The number of hydrogen-bond donors (Lipinski definition) is 1. The summed E-state index contributed by atoms with van der Waals surface area (Å²) in [6, 6.07) is 0.279. The average molecular weight is 272 g/mol. The molecule has 18 heavy (non-hydrogen) atoms. The van der Waals surface area contributed by atoms with Gasteiger partial charge in [0.25, 0.3) is 0 Å². The van der Waals surface area contributed by atoms with Crippen LogP contribution >= 0.6 is 11.8 Å². The fourth-order valence-corrected chi connectivity index (χ4v) is 2.57. The Bertz CT molecular complexity index is 392. The third-order valence-electron chi connectivity index (χ3n) is 2.42. The molecule has 0 unspecified atom stereocenters. The molecule has 6 nitrogen and oxygen atoms in total. The first kappa shape index (κ1) is 15.0. The number of ether oxygens (including phenoxy) is 1. The summed E-state index contributed by atoms with van der Waals surface area (Å²) in [5.74, 6) is 1.42. The lowest BCUT2D eigenvalue weighted by molar-refractivity contribution is -0.140. The lowest BCUT2D eigenvalue weighted by atomic mass is 10.3. The van der Waals surface area contributed by atoms with Gasteiger partial charge in [-0.3, -0.25) is 4.79 Å². The molecule has 0 radical (unpaired) electrons. The van der Waals surface area contributed by atoms with Gasteiger partial charge in [-0.05, 0) is 20.3 Å². The van der Waals surface area contributed by atoms with E-state index in [4.69, 9.17) is 5.73 Å². The maximum atomic E-state index is 11.0. The van der Waals surface area contributed by atoms with E-state index in [2.05, 4.69) is 28.8 Å². The normalized spacial score (nSPS) is 10.9. The van der Waals surface area contributed by atoms with Crippen molar-refractivity contribution >= 4 is 17.7 Å². The van der Waals surface area contributed by atoms with Gasteiger partial charge in [0.1, 0.15) is 5.82 Å². The number of carbonyl (C=O) groups is 1. The molecule has 102 valence electrons. The molecule has 1 aromatic heterocycles. The topological polar surface area (TPSA) is 83.0 Å². The number of thioether (sulfide) groups is 1. The van der Waals surface area contributed by atoms with Crippen LogP contribution in [0.1, 0.15) is 38.6 Å². The van der Waals surface area contributed by atoms with Gasteiger partial charge in [0.2, 0.25) is 0 Å². The van der Waals surface area contributed by atoms with E-state index in [1.165, 1.54) is 7.11 Å². The van der Waals surface area contributed by atoms with Crippen molar-refractivity contribution in [1.82, 2.24) is 14.8 Å². The number of methoxy groups -OCH3 is 1. The number of nitrogens with zero attached hydrogens (tertiary/aromatic N) is 3. The van der Waals surface area contributed by atoms with Crippen LogP contribution in [0.3, 0.4) is 0 Å². The SMILES string of the molecule is COC(=O)CCCSc1nnc(CN)n1C(C)C. The van der Waals surface area contributed by atoms with Gasteiger partial charge in [0.05, 0.1) is 13.7 Å². The molecule has 0 saturated carbocycles. The van der Waals surface area contributed by atoms with Gasteiger partial charge in [-0.15, -0.1) is 10.2 Å². The Kier molecular flexibility index (Phi) is 6.14. The van der Waals surface area contributed by atoms with Crippen molar-refractivity contribution in [2.45, 2.75) is 44.4 Å². The highest BCUT2D eigenvalue weighted by atomic mass is 32.2. The van der Waals surface area contributed by atoms with Crippen molar-refractivity contribution in [1.29, 1.82) is 0 Å². The van der Waals surface area contributed by atoms with Gasteiger partial charge in [0, 0.05) is 18.2 Å². The first-order valence-electron chi connectivity index (χ1n) is 5.93. The molecule has 0 aliphatic heterocycles. The molecule has 2 N–H and O–H groups in total. The molecule has 7 heteroatoms. The second-order valence-corrected chi connectivity index (χ2v) is 5.16. The van der Waals surface area contributed by atoms with Crippen LogP contribution in [0.4, 0.5) is 0 Å². The van der Waals surface area contributed by atoms with E-state index >= 15 is 0 Å². The van der Waals surface area contributed by atoms with Gasteiger partial charge in [-0.25, -0.2) is 0 Å². The third-order valence-corrected chi connectivity index (χ3v) is 3.45. The first-order valence-corrected chi connectivity index (χ1v) is 6.92. The minimum absolute atomic E-state index is 0.177. The minimum Gasteiger partial charge on any atom is -0.469 e. The van der Waals surface area contributed by atoms with Gasteiger partial charge in [-0.1, -0.05) is 11.8 Å². The van der Waals surface area contributed by atoms with E-state index in [1.807, 2.05) is 4.57 Å². The van der Waals surface area contributed by atoms with Crippen LogP contribution in [0.25, 0.3) is 0 Å². The Morgan fingerprint density at radius 2 is 2.22 bits per heavy atom. The van der Waals surface area contributed by atoms with Crippen LogP contribution < -0.4 is 5.73 Å². The van der Waals surface area contributed by atoms with Gasteiger partial charge < -0.3 is 15.0 Å². The molecule has 0 aliphatic carbocycles. The molecule has 0 aliphatic rings. The molecule has 0 saturated heterocycles. The van der Waals surface area contributed by atoms with E-state index in [1.54, 1.807) is 11.8 Å². The fraction of sp³-hybridized carbons (Fsp3) is 0.727. The number of aromatic nitrogens is 3. The molecule has 1 aromatic rings. The van der Waals surface area contributed by atoms with E-state index in [9.17, 15) is 4.79 Å². The Hall–Kier alpha value is -1.08. The van der Waals surface area contributed by atoms with E-state index in [0.29, 0.717) is 13.0 Å². The van der Waals surface area contributed by atoms with Gasteiger partial charge in [0.15, 0.2) is 5.16 Å². The van der Waals surface area contributed by atoms with Crippen LogP contribution in [0.15, 0.2) is 5.16 Å². The zero-order valence-electron chi connectivity index (χ0n) is 11.0. The van der Waals surface area contributed by atoms with Crippen molar-refractivity contribution in [3.8, 4) is 0 Å². The standard InChI is InChI=1S/C11H20N4O2S/c1-8(2)15-9(7-12)13-14-11(15)18-6-4-5-10(16)17-3/h8H,4-7,12H2,1-3H3. The van der Waals surface area contributed by atoms with E-state index in [0.717, 1.165) is 23.2 Å². The molecule has 0 atom stereocenters. The van der Waals surface area contributed by atoms with Crippen LogP contribution in [0, 0.1) is 0 Å². The highest BCUT2D eigenvalue weighted by Gasteiger charge is 2.13. The van der Waals surface area contributed by atoms with Crippen LogP contribution in [0.2, 0.25) is 0 Å². The van der Waals surface area contributed by atoms with E-state index in [-0.39, 0.29) is 12.0 Å². The molecule has 0 amide bonds. The lowest BCUT2D eigenvalue weighted by Gasteiger charge is -2.12. The summed E-state index contributed by atoms with van der Waals surface area (Å²) in [5.41, 5.74) is 5.62. The minimum atomic E-state index is -0.177. The average Bonchev–Trinajstić information content (AvgIpc) is 2.77. The Balaban J connectivity index is 2.52. The summed E-state index contributed by atoms with van der Waals surface area (Å²) in [6.45, 7) is 4.52. The fourth-order valence-electron chi connectivity index (χ4n) is 1.55. The zero-order chi connectivity index (χ0) is 13.5. The van der Waals surface area contributed by atoms with Crippen LogP contribution in [0.5, 0.6) is 0 Å². The molecule has 0 bridgehead atoms. The predicted molar refractivity (Wildman–Crippen MR) is 70.3 cm³/mol. The highest BCUT2D eigenvalue weighted by molar-refractivity contribution is 7.99. The van der Waals surface area contributed by atoms with Crippen LogP contribution in [-0.2, 0) is 16.1 Å². The van der Waals surface area contributed by atoms with Crippen LogP contribution in [-0.4, -0.2) is 33.6 Å². The number of carbonyl (C=O) groups excluding carboxylic acids is 1. The Morgan fingerprint density at radius 3 is 2.78 bits per heavy atom. The largest absolute Gasteiger partial charge is 0.469 e. The summed E-state index contributed by atoms with van der Waals surface area (Å²) < 4.78 is 6.62. The summed E-state index contributed by atoms with van der Waals surface area (Å²) in [6.07, 6.45) is 1.20. The van der Waals surface area contributed by atoms with Crippen molar-refractivity contribution in [3.05, 3.63) is 5.82 Å². The van der Waals surface area contributed by atoms with Gasteiger partial charge in [-0.2, -0.15) is 0 Å². The monoisotopic (exact) mass is 272 g/mol. The molecular formula is C11H20N4O2S. The van der Waals surface area contributed by atoms with Crippen molar-refractivity contribution < 1.29 is 9.53 Å². The molecule has 0 spiro atoms. The Labute approximate surface area is 111 Å². The lowest BCUT2D eigenvalue weighted by Crippen LogP contribution is -2.11. The number of esters is 1. The second-order valence-electron chi connectivity index (χ2n) is 4.09. The Morgan fingerprint density at radius 1 is 1.50 bits per heavy atom. The summed E-state index contributed by atoms with van der Waals surface area (Å²) in [5, 5.41) is 9.04. The number of rotatable bonds is 7. The number of hydrogen-bond acceptors (Lipinski definition) is 6. The molecule has 0 aromatic carbocycles. The van der Waals surface area contributed by atoms with Crippen molar-refractivity contribution in [3.63, 3.8) is 0 Å². The predicted octanol–water partition coefficient (Wildman–Crippen LogP) is 1.36. The summed E-state index contributed by atoms with van der Waals surface area (Å²) in [4.78, 5) is 11.0. The molecule has 1 rings (SSSR count). The van der Waals surface area contributed by atoms with E-state index < -0.39 is 0 Å². The maximum Gasteiger partial charge on any atom is 0.305 e. The first-order chi connectivity index (χ1) is 8.60. The van der Waals surface area contributed by atoms with Crippen molar-refractivity contribution in [2.24, 2.45) is 5.73 Å². The second kappa shape index (κ2) is 7.38. The zero-order valence-corrected chi connectivity index (χ0v) is 11.9. The smallest absolute Gasteiger partial charge is 0.305 e. The quantitative estimate of drug-likeness (QED) is 0.458.